The Morgan fingerprint density at radius 1 is 1.13 bits per heavy atom. The number of rotatable bonds is 15. The summed E-state index contributed by atoms with van der Waals surface area (Å²) in [6.45, 7) is 10.4. The van der Waals surface area contributed by atoms with E-state index >= 15 is 0 Å². The van der Waals surface area contributed by atoms with Crippen LogP contribution in [-0.4, -0.2) is 45.4 Å². The van der Waals surface area contributed by atoms with Gasteiger partial charge in [-0.3, -0.25) is 9.59 Å². The van der Waals surface area contributed by atoms with Crippen molar-refractivity contribution in [3.8, 4) is 0 Å². The lowest BCUT2D eigenvalue weighted by molar-refractivity contribution is -0.148. The van der Waals surface area contributed by atoms with Crippen molar-refractivity contribution >= 4 is 29.2 Å². The summed E-state index contributed by atoms with van der Waals surface area (Å²) in [6, 6.07) is -0.132. The highest BCUT2D eigenvalue weighted by Gasteiger charge is 2.32. The van der Waals surface area contributed by atoms with Gasteiger partial charge in [-0.1, -0.05) is 53.4 Å². The maximum absolute atomic E-state index is 13.1. The topological polar surface area (TPSA) is 96.8 Å². The van der Waals surface area contributed by atoms with Gasteiger partial charge in [-0.15, -0.1) is 11.3 Å². The molecule has 8 heteroatoms. The number of aromatic nitrogens is 1. The molecule has 0 radical (unpaired) electrons. The van der Waals surface area contributed by atoms with Gasteiger partial charge in [-0.05, 0) is 18.8 Å². The van der Waals surface area contributed by atoms with Gasteiger partial charge in [-0.2, -0.15) is 0 Å². The van der Waals surface area contributed by atoms with Crippen LogP contribution in [-0.2, 0) is 14.3 Å². The number of carboxylic acids is 1. The van der Waals surface area contributed by atoms with Crippen LogP contribution in [0.3, 0.4) is 0 Å². The lowest BCUT2D eigenvalue weighted by Gasteiger charge is -2.36. The van der Waals surface area contributed by atoms with Crippen LogP contribution < -0.4 is 0 Å². The standard InChI is InChI=1S/C23H38N2O5S/c1-6-8-10-11-13-25(21(27)12-9-7-2)19(16(3)4)14-20(30-17(5)26)22-24-18(15-31-22)23(28)29/h15-16,19-20H,6-14H2,1-5H3,(H,28,29)/t19-,20-/m1/s1. The molecule has 31 heavy (non-hydrogen) atoms. The molecule has 0 unspecified atom stereocenters. The fraction of sp³-hybridized carbons (Fsp3) is 0.739. The van der Waals surface area contributed by atoms with E-state index in [2.05, 4.69) is 32.7 Å². The van der Waals surface area contributed by atoms with Crippen LogP contribution in [0.5, 0.6) is 0 Å². The summed E-state index contributed by atoms with van der Waals surface area (Å²) >= 11 is 1.17. The average Bonchev–Trinajstić information content (AvgIpc) is 3.20. The first kappa shape index (κ1) is 27.1. The molecule has 0 spiro atoms. The van der Waals surface area contributed by atoms with Crippen molar-refractivity contribution in [2.75, 3.05) is 6.54 Å². The van der Waals surface area contributed by atoms with Crippen LogP contribution in [0.15, 0.2) is 5.38 Å². The van der Waals surface area contributed by atoms with Crippen LogP contribution in [0.1, 0.15) is 108 Å². The molecule has 1 amide bonds. The van der Waals surface area contributed by atoms with Crippen molar-refractivity contribution in [2.24, 2.45) is 5.92 Å². The third-order valence-corrected chi connectivity index (χ3v) is 6.20. The Hall–Kier alpha value is -1.96. The number of nitrogens with zero attached hydrogens (tertiary/aromatic N) is 2. The summed E-state index contributed by atoms with van der Waals surface area (Å²) in [5.41, 5.74) is -0.0614. The van der Waals surface area contributed by atoms with Gasteiger partial charge in [0.2, 0.25) is 5.91 Å². The molecular weight excluding hydrogens is 416 g/mol. The van der Waals surface area contributed by atoms with E-state index in [1.54, 1.807) is 0 Å². The Balaban J connectivity index is 3.13. The lowest BCUT2D eigenvalue weighted by atomic mass is 9.95. The molecule has 176 valence electrons. The van der Waals surface area contributed by atoms with Gasteiger partial charge in [0.05, 0.1) is 0 Å². The molecule has 1 aromatic heterocycles. The molecule has 0 bridgehead atoms. The number of esters is 1. The van der Waals surface area contributed by atoms with Crippen molar-refractivity contribution < 1.29 is 24.2 Å². The van der Waals surface area contributed by atoms with Gasteiger partial charge in [0.25, 0.3) is 0 Å². The van der Waals surface area contributed by atoms with Gasteiger partial charge in [0, 0.05) is 37.7 Å². The number of carboxylic acid groups (broad SMARTS) is 1. The van der Waals surface area contributed by atoms with E-state index in [9.17, 15) is 19.5 Å². The fourth-order valence-electron chi connectivity index (χ4n) is 3.57. The molecule has 0 fully saturated rings. The predicted molar refractivity (Wildman–Crippen MR) is 122 cm³/mol. The number of hydrogen-bond acceptors (Lipinski definition) is 6. The van der Waals surface area contributed by atoms with Crippen LogP contribution in [0.4, 0.5) is 0 Å². The lowest BCUT2D eigenvalue weighted by Crippen LogP contribution is -2.45. The zero-order valence-corrected chi connectivity index (χ0v) is 20.4. The second kappa shape index (κ2) is 14.2. The summed E-state index contributed by atoms with van der Waals surface area (Å²) in [5.74, 6) is -1.29. The molecule has 1 N–H and O–H groups in total. The maximum atomic E-state index is 13.1. The van der Waals surface area contributed by atoms with E-state index < -0.39 is 18.0 Å². The zero-order valence-electron chi connectivity index (χ0n) is 19.6. The van der Waals surface area contributed by atoms with Crippen LogP contribution in [0.2, 0.25) is 0 Å². The number of ether oxygens (including phenoxy) is 1. The Morgan fingerprint density at radius 2 is 1.81 bits per heavy atom. The number of hydrogen-bond donors (Lipinski definition) is 1. The molecule has 0 saturated heterocycles. The Bertz CT molecular complexity index is 704. The molecule has 7 nitrogen and oxygen atoms in total. The van der Waals surface area contributed by atoms with Crippen LogP contribution in [0, 0.1) is 5.92 Å². The molecule has 1 heterocycles. The molecular formula is C23H38N2O5S. The molecule has 0 saturated carbocycles. The van der Waals surface area contributed by atoms with Crippen molar-refractivity contribution in [3.63, 3.8) is 0 Å². The fourth-order valence-corrected chi connectivity index (χ4v) is 4.40. The minimum absolute atomic E-state index is 0.0614. The minimum atomic E-state index is -1.11. The van der Waals surface area contributed by atoms with Crippen molar-refractivity contribution in [3.05, 3.63) is 16.1 Å². The van der Waals surface area contributed by atoms with Gasteiger partial charge < -0.3 is 14.7 Å². The number of amides is 1. The van der Waals surface area contributed by atoms with E-state index in [1.165, 1.54) is 23.6 Å². The zero-order chi connectivity index (χ0) is 23.4. The molecule has 0 aliphatic heterocycles. The predicted octanol–water partition coefficient (Wildman–Crippen LogP) is 5.46. The molecule has 0 aliphatic carbocycles. The first-order valence-electron chi connectivity index (χ1n) is 11.4. The molecule has 2 atom stereocenters. The van der Waals surface area contributed by atoms with E-state index in [-0.39, 0.29) is 23.6 Å². The molecule has 0 aliphatic rings. The Labute approximate surface area is 190 Å². The molecule has 1 aromatic rings. The summed E-state index contributed by atoms with van der Waals surface area (Å²) in [6.07, 6.45) is 6.29. The first-order chi connectivity index (χ1) is 14.7. The SMILES string of the molecule is CCCCCCN(C(=O)CCCC)[C@H](C[C@@H](OC(C)=O)c1nc(C(=O)O)cs1)C(C)C. The highest BCUT2D eigenvalue weighted by molar-refractivity contribution is 7.09. The number of carbonyl (C=O) groups is 3. The highest BCUT2D eigenvalue weighted by atomic mass is 32.1. The van der Waals surface area contributed by atoms with Crippen LogP contribution >= 0.6 is 11.3 Å². The van der Waals surface area contributed by atoms with Gasteiger partial charge in [0.15, 0.2) is 11.8 Å². The number of carbonyl (C=O) groups excluding carboxylic acids is 2. The van der Waals surface area contributed by atoms with Gasteiger partial charge in [0.1, 0.15) is 5.01 Å². The van der Waals surface area contributed by atoms with E-state index in [4.69, 9.17) is 4.74 Å². The van der Waals surface area contributed by atoms with Crippen molar-refractivity contribution in [1.29, 1.82) is 0 Å². The van der Waals surface area contributed by atoms with E-state index in [0.29, 0.717) is 24.4 Å². The Morgan fingerprint density at radius 3 is 2.32 bits per heavy atom. The van der Waals surface area contributed by atoms with Crippen LogP contribution in [0.25, 0.3) is 0 Å². The molecule has 1 rings (SSSR count). The monoisotopic (exact) mass is 454 g/mol. The largest absolute Gasteiger partial charge is 0.476 e. The summed E-state index contributed by atoms with van der Waals surface area (Å²) in [4.78, 5) is 42.2. The summed E-state index contributed by atoms with van der Waals surface area (Å²) in [7, 11) is 0. The smallest absolute Gasteiger partial charge is 0.355 e. The van der Waals surface area contributed by atoms with E-state index in [0.717, 1.165) is 38.5 Å². The maximum Gasteiger partial charge on any atom is 0.355 e. The number of thiazole rings is 1. The van der Waals surface area contributed by atoms with Crippen molar-refractivity contribution in [2.45, 2.75) is 98.1 Å². The summed E-state index contributed by atoms with van der Waals surface area (Å²) < 4.78 is 5.54. The van der Waals surface area contributed by atoms with Gasteiger partial charge >= 0.3 is 11.9 Å². The second-order valence-corrected chi connectivity index (χ2v) is 9.16. The van der Waals surface area contributed by atoms with Crippen molar-refractivity contribution in [1.82, 2.24) is 9.88 Å². The highest BCUT2D eigenvalue weighted by Crippen LogP contribution is 2.31. The Kier molecular flexibility index (Phi) is 12.4. The molecule has 0 aromatic carbocycles. The number of unbranched alkanes of at least 4 members (excludes halogenated alkanes) is 4. The van der Waals surface area contributed by atoms with E-state index in [1.807, 2.05) is 4.90 Å². The second-order valence-electron chi connectivity index (χ2n) is 8.27. The average molecular weight is 455 g/mol. The minimum Gasteiger partial charge on any atom is -0.476 e. The third kappa shape index (κ3) is 9.37. The normalized spacial score (nSPS) is 13.1. The third-order valence-electron chi connectivity index (χ3n) is 5.27. The van der Waals surface area contributed by atoms with Gasteiger partial charge in [-0.25, -0.2) is 9.78 Å². The quantitative estimate of drug-likeness (QED) is 0.279. The first-order valence-corrected chi connectivity index (χ1v) is 12.2. The number of aromatic carboxylic acids is 1. The summed E-state index contributed by atoms with van der Waals surface area (Å²) in [5, 5.41) is 11.1.